The van der Waals surface area contributed by atoms with Gasteiger partial charge < -0.3 is 4.74 Å². The van der Waals surface area contributed by atoms with Crippen LogP contribution in [-0.2, 0) is 0 Å². The normalized spacial score (nSPS) is 11.0. The second-order valence-corrected chi connectivity index (χ2v) is 6.68. The van der Waals surface area contributed by atoms with Crippen molar-refractivity contribution in [1.82, 2.24) is 4.90 Å². The number of rotatable bonds is 12. The number of nitrogens with zero attached hydrogens (tertiary/aromatic N) is 1. The molecule has 0 heterocycles. The number of hydrogen-bond acceptors (Lipinski definition) is 2. The molecular weight excluding hydrogens is 330 g/mol. The quantitative estimate of drug-likeness (QED) is 0.348. The average Bonchev–Trinajstić information content (AvgIpc) is 2.66. The number of alkyl halides is 1. The molecule has 0 radical (unpaired) electrons. The van der Waals surface area contributed by atoms with E-state index in [1.54, 1.807) is 0 Å². The van der Waals surface area contributed by atoms with Gasteiger partial charge in [0.05, 0.1) is 0 Å². The first kappa shape index (κ1) is 19.8. The van der Waals surface area contributed by atoms with Gasteiger partial charge in [0.1, 0.15) is 12.4 Å². The highest BCUT2D eigenvalue weighted by molar-refractivity contribution is 6.18. The molecule has 0 atom stereocenters. The lowest BCUT2D eigenvalue weighted by Gasteiger charge is -2.21. The van der Waals surface area contributed by atoms with E-state index in [9.17, 15) is 0 Å². The van der Waals surface area contributed by atoms with Gasteiger partial charge in [-0.15, -0.1) is 11.6 Å². The van der Waals surface area contributed by atoms with Gasteiger partial charge in [0, 0.05) is 24.5 Å². The Labute approximate surface area is 157 Å². The molecule has 0 saturated heterocycles. The first-order valence-electron chi connectivity index (χ1n) is 9.40. The van der Waals surface area contributed by atoms with E-state index in [0.717, 1.165) is 30.9 Å². The molecular formula is C22H30ClNO. The SMILES string of the molecule is CCCCCCN(CCCl)CCOc1ccccc1-c1ccccc1. The summed E-state index contributed by atoms with van der Waals surface area (Å²) in [5, 5.41) is 0. The van der Waals surface area contributed by atoms with Gasteiger partial charge in [-0.05, 0) is 24.6 Å². The Kier molecular flexibility index (Phi) is 9.46. The van der Waals surface area contributed by atoms with E-state index in [2.05, 4.69) is 54.3 Å². The van der Waals surface area contributed by atoms with E-state index in [4.69, 9.17) is 16.3 Å². The zero-order valence-corrected chi connectivity index (χ0v) is 16.0. The number of para-hydroxylation sites is 1. The molecule has 0 N–H and O–H groups in total. The lowest BCUT2D eigenvalue weighted by Crippen LogP contribution is -2.31. The van der Waals surface area contributed by atoms with Gasteiger partial charge >= 0.3 is 0 Å². The first-order chi connectivity index (χ1) is 12.3. The Morgan fingerprint density at radius 1 is 0.840 bits per heavy atom. The molecule has 0 aliphatic carbocycles. The number of unbranched alkanes of at least 4 members (excludes halogenated alkanes) is 3. The maximum Gasteiger partial charge on any atom is 0.127 e. The third-order valence-electron chi connectivity index (χ3n) is 4.37. The van der Waals surface area contributed by atoms with Crippen molar-refractivity contribution in [2.75, 3.05) is 32.1 Å². The molecule has 25 heavy (non-hydrogen) atoms. The van der Waals surface area contributed by atoms with Crippen LogP contribution in [0, 0.1) is 0 Å². The van der Waals surface area contributed by atoms with Crippen LogP contribution in [0.4, 0.5) is 0 Å². The molecule has 0 spiro atoms. The van der Waals surface area contributed by atoms with E-state index in [1.165, 1.54) is 31.2 Å². The lowest BCUT2D eigenvalue weighted by atomic mass is 10.1. The third-order valence-corrected chi connectivity index (χ3v) is 4.53. The van der Waals surface area contributed by atoms with Crippen molar-refractivity contribution in [3.8, 4) is 16.9 Å². The summed E-state index contributed by atoms with van der Waals surface area (Å²) in [5.74, 6) is 1.62. The minimum Gasteiger partial charge on any atom is -0.492 e. The number of hydrogen-bond donors (Lipinski definition) is 0. The second kappa shape index (κ2) is 11.9. The van der Waals surface area contributed by atoms with E-state index >= 15 is 0 Å². The lowest BCUT2D eigenvalue weighted by molar-refractivity contribution is 0.214. The van der Waals surface area contributed by atoms with Crippen LogP contribution in [0.15, 0.2) is 54.6 Å². The van der Waals surface area contributed by atoms with Gasteiger partial charge in [-0.1, -0.05) is 74.7 Å². The molecule has 0 aliphatic rings. The van der Waals surface area contributed by atoms with Gasteiger partial charge in [-0.3, -0.25) is 4.90 Å². The van der Waals surface area contributed by atoms with Crippen molar-refractivity contribution in [1.29, 1.82) is 0 Å². The first-order valence-corrected chi connectivity index (χ1v) is 9.94. The summed E-state index contributed by atoms with van der Waals surface area (Å²) in [7, 11) is 0. The Bertz CT molecular complexity index is 588. The van der Waals surface area contributed by atoms with E-state index in [0.29, 0.717) is 12.5 Å². The van der Waals surface area contributed by atoms with E-state index in [1.807, 2.05) is 12.1 Å². The second-order valence-electron chi connectivity index (χ2n) is 6.30. The predicted molar refractivity (Wildman–Crippen MR) is 109 cm³/mol. The molecule has 2 nitrogen and oxygen atoms in total. The summed E-state index contributed by atoms with van der Waals surface area (Å²) in [6, 6.07) is 18.7. The van der Waals surface area contributed by atoms with E-state index in [-0.39, 0.29) is 0 Å². The third kappa shape index (κ3) is 7.09. The fraction of sp³-hybridized carbons (Fsp3) is 0.455. The highest BCUT2D eigenvalue weighted by Gasteiger charge is 2.08. The van der Waals surface area contributed by atoms with Crippen LogP contribution >= 0.6 is 11.6 Å². The van der Waals surface area contributed by atoms with Crippen molar-refractivity contribution >= 4 is 11.6 Å². The maximum absolute atomic E-state index is 6.11. The smallest absolute Gasteiger partial charge is 0.127 e. The molecule has 3 heteroatoms. The van der Waals surface area contributed by atoms with Gasteiger partial charge in [0.25, 0.3) is 0 Å². The largest absolute Gasteiger partial charge is 0.492 e. The minimum absolute atomic E-state index is 0.675. The fourth-order valence-electron chi connectivity index (χ4n) is 2.95. The topological polar surface area (TPSA) is 12.5 Å². The molecule has 0 fully saturated rings. The maximum atomic E-state index is 6.11. The molecule has 136 valence electrons. The van der Waals surface area contributed by atoms with Gasteiger partial charge in [0.15, 0.2) is 0 Å². The summed E-state index contributed by atoms with van der Waals surface area (Å²) in [6.45, 7) is 5.89. The number of benzene rings is 2. The van der Waals surface area contributed by atoms with Crippen molar-refractivity contribution < 1.29 is 4.74 Å². The Balaban J connectivity index is 1.87. The van der Waals surface area contributed by atoms with Crippen LogP contribution in [0.2, 0.25) is 0 Å². The van der Waals surface area contributed by atoms with Crippen molar-refractivity contribution in [2.24, 2.45) is 0 Å². The molecule has 2 aromatic rings. The van der Waals surface area contributed by atoms with Gasteiger partial charge in [-0.2, -0.15) is 0 Å². The highest BCUT2D eigenvalue weighted by atomic mass is 35.5. The number of halogens is 1. The summed E-state index contributed by atoms with van der Waals surface area (Å²) < 4.78 is 6.11. The monoisotopic (exact) mass is 359 g/mol. The zero-order chi connectivity index (χ0) is 17.7. The van der Waals surface area contributed by atoms with Gasteiger partial charge in [-0.25, -0.2) is 0 Å². The van der Waals surface area contributed by atoms with Crippen LogP contribution in [0.25, 0.3) is 11.1 Å². The minimum atomic E-state index is 0.675. The van der Waals surface area contributed by atoms with Crippen LogP contribution < -0.4 is 4.74 Å². The number of ether oxygens (including phenoxy) is 1. The summed E-state index contributed by atoms with van der Waals surface area (Å²) >= 11 is 5.96. The van der Waals surface area contributed by atoms with Gasteiger partial charge in [0.2, 0.25) is 0 Å². The molecule has 0 amide bonds. The fourth-order valence-corrected chi connectivity index (χ4v) is 3.19. The van der Waals surface area contributed by atoms with Crippen LogP contribution in [0.5, 0.6) is 5.75 Å². The Morgan fingerprint density at radius 3 is 2.36 bits per heavy atom. The predicted octanol–water partition coefficient (Wildman–Crippen LogP) is 5.85. The molecule has 2 aromatic carbocycles. The molecule has 0 bridgehead atoms. The van der Waals surface area contributed by atoms with Crippen molar-refractivity contribution in [2.45, 2.75) is 32.6 Å². The molecule has 2 rings (SSSR count). The highest BCUT2D eigenvalue weighted by Crippen LogP contribution is 2.29. The van der Waals surface area contributed by atoms with Crippen LogP contribution in [-0.4, -0.2) is 37.0 Å². The Morgan fingerprint density at radius 2 is 1.60 bits per heavy atom. The van der Waals surface area contributed by atoms with Crippen molar-refractivity contribution in [3.63, 3.8) is 0 Å². The van der Waals surface area contributed by atoms with Crippen LogP contribution in [0.1, 0.15) is 32.6 Å². The standard InChI is InChI=1S/C22H30ClNO/c1-2-3-4-10-16-24(17-15-23)18-19-25-22-14-9-8-13-21(22)20-11-6-5-7-12-20/h5-9,11-14H,2-4,10,15-19H2,1H3. The molecule has 0 unspecified atom stereocenters. The average molecular weight is 360 g/mol. The van der Waals surface area contributed by atoms with Crippen LogP contribution in [0.3, 0.4) is 0 Å². The Hall–Kier alpha value is -1.51. The summed E-state index contributed by atoms with van der Waals surface area (Å²) in [6.07, 6.45) is 5.13. The molecule has 0 aromatic heterocycles. The summed E-state index contributed by atoms with van der Waals surface area (Å²) in [5.41, 5.74) is 2.34. The van der Waals surface area contributed by atoms with E-state index < -0.39 is 0 Å². The zero-order valence-electron chi connectivity index (χ0n) is 15.3. The summed E-state index contributed by atoms with van der Waals surface area (Å²) in [4.78, 5) is 2.41. The molecule has 0 aliphatic heterocycles. The molecule has 0 saturated carbocycles. The van der Waals surface area contributed by atoms with Crippen molar-refractivity contribution in [3.05, 3.63) is 54.6 Å².